The van der Waals surface area contributed by atoms with Crippen molar-refractivity contribution < 1.29 is 9.53 Å². The molecule has 210 valence electrons. The molecule has 0 radical (unpaired) electrons. The van der Waals surface area contributed by atoms with Gasteiger partial charge in [-0.2, -0.15) is 5.26 Å². The van der Waals surface area contributed by atoms with Crippen LogP contribution in [0.2, 0.25) is 0 Å². The number of benzene rings is 2. The number of rotatable bonds is 6. The smallest absolute Gasteiger partial charge is 0.407 e. The number of amides is 1. The van der Waals surface area contributed by atoms with Crippen LogP contribution in [0, 0.1) is 17.2 Å². The highest BCUT2D eigenvalue weighted by Crippen LogP contribution is 2.31. The number of piperidine rings is 1. The molecule has 8 heteroatoms. The predicted octanol–water partition coefficient (Wildman–Crippen LogP) is 5.21. The summed E-state index contributed by atoms with van der Waals surface area (Å²) < 4.78 is 5.41. The van der Waals surface area contributed by atoms with Gasteiger partial charge in [0.05, 0.1) is 17.1 Å². The van der Waals surface area contributed by atoms with E-state index in [1.54, 1.807) is 6.20 Å². The minimum atomic E-state index is -0.490. The molecule has 0 saturated carbocycles. The molecule has 2 fully saturated rings. The first-order valence-electron chi connectivity index (χ1n) is 14.3. The average molecular weight is 541 g/mol. The number of hydrogen-bond acceptors (Lipinski definition) is 7. The number of ether oxygens (including phenoxy) is 1. The van der Waals surface area contributed by atoms with Crippen LogP contribution in [0.15, 0.2) is 54.7 Å². The van der Waals surface area contributed by atoms with Crippen LogP contribution in [0.1, 0.15) is 51.7 Å². The van der Waals surface area contributed by atoms with Crippen molar-refractivity contribution >= 4 is 28.4 Å². The highest BCUT2D eigenvalue weighted by atomic mass is 16.6. The molecule has 1 aromatic heterocycles. The predicted molar refractivity (Wildman–Crippen MR) is 160 cm³/mol. The lowest BCUT2D eigenvalue weighted by atomic mass is 9.94. The van der Waals surface area contributed by atoms with E-state index < -0.39 is 5.60 Å². The molecule has 3 heterocycles. The van der Waals surface area contributed by atoms with Gasteiger partial charge in [-0.15, -0.1) is 0 Å². The third-order valence-electron chi connectivity index (χ3n) is 7.67. The molecule has 2 N–H and O–H groups in total. The molecule has 3 atom stereocenters. The number of aromatic nitrogens is 1. The summed E-state index contributed by atoms with van der Waals surface area (Å²) in [5.74, 6) is 0.549. The third kappa shape index (κ3) is 6.65. The van der Waals surface area contributed by atoms with Crippen LogP contribution >= 0.6 is 0 Å². The lowest BCUT2D eigenvalue weighted by molar-refractivity contribution is 0.0509. The van der Waals surface area contributed by atoms with Crippen molar-refractivity contribution in [3.63, 3.8) is 0 Å². The Labute approximate surface area is 237 Å². The molecular weight excluding hydrogens is 500 g/mol. The Morgan fingerprint density at radius 2 is 1.85 bits per heavy atom. The number of nitrogens with one attached hydrogen (secondary N) is 2. The first-order chi connectivity index (χ1) is 19.2. The second-order valence-electron chi connectivity index (χ2n) is 12.2. The number of fused-ring (bicyclic) bond motifs is 1. The van der Waals surface area contributed by atoms with Crippen LogP contribution in [-0.2, 0) is 11.3 Å². The van der Waals surface area contributed by atoms with Crippen LogP contribution in [0.4, 0.5) is 16.2 Å². The average Bonchev–Trinajstić information content (AvgIpc) is 3.38. The van der Waals surface area contributed by atoms with E-state index >= 15 is 0 Å². The highest BCUT2D eigenvalue weighted by molar-refractivity contribution is 5.95. The maximum absolute atomic E-state index is 12.1. The van der Waals surface area contributed by atoms with E-state index in [1.165, 1.54) is 11.3 Å². The zero-order valence-corrected chi connectivity index (χ0v) is 24.0. The van der Waals surface area contributed by atoms with E-state index in [9.17, 15) is 10.1 Å². The maximum Gasteiger partial charge on any atom is 0.407 e. The number of hydrogen-bond donors (Lipinski definition) is 2. The van der Waals surface area contributed by atoms with Crippen molar-refractivity contribution in [3.05, 3.63) is 65.9 Å². The summed E-state index contributed by atoms with van der Waals surface area (Å²) in [6.45, 7) is 12.3. The van der Waals surface area contributed by atoms with E-state index in [0.29, 0.717) is 17.5 Å². The van der Waals surface area contributed by atoms with Crippen LogP contribution in [0.5, 0.6) is 0 Å². The van der Waals surface area contributed by atoms with Gasteiger partial charge in [0.1, 0.15) is 11.7 Å². The molecule has 0 spiro atoms. The van der Waals surface area contributed by atoms with Gasteiger partial charge >= 0.3 is 6.09 Å². The second kappa shape index (κ2) is 11.7. The Bertz CT molecular complexity index is 1380. The summed E-state index contributed by atoms with van der Waals surface area (Å²) in [4.78, 5) is 21.4. The second-order valence-corrected chi connectivity index (χ2v) is 12.2. The Balaban J connectivity index is 1.16. The Hall–Kier alpha value is -3.83. The first-order valence-corrected chi connectivity index (χ1v) is 14.3. The van der Waals surface area contributed by atoms with Crippen molar-refractivity contribution in [3.8, 4) is 6.07 Å². The molecule has 5 rings (SSSR count). The normalized spacial score (nSPS) is 21.3. The number of nitriles is 1. The molecule has 2 saturated heterocycles. The lowest BCUT2D eigenvalue weighted by Crippen LogP contribution is -2.48. The molecule has 8 nitrogen and oxygen atoms in total. The highest BCUT2D eigenvalue weighted by Gasteiger charge is 2.28. The van der Waals surface area contributed by atoms with Crippen LogP contribution in [0.3, 0.4) is 0 Å². The number of pyridine rings is 1. The van der Waals surface area contributed by atoms with Crippen molar-refractivity contribution in [2.24, 2.45) is 5.92 Å². The topological polar surface area (TPSA) is 93.5 Å². The minimum Gasteiger partial charge on any atom is -0.444 e. The van der Waals surface area contributed by atoms with E-state index in [-0.39, 0.29) is 12.1 Å². The largest absolute Gasteiger partial charge is 0.444 e. The third-order valence-corrected chi connectivity index (χ3v) is 7.67. The zero-order valence-electron chi connectivity index (χ0n) is 24.0. The molecule has 0 bridgehead atoms. The fourth-order valence-electron chi connectivity index (χ4n) is 5.89. The van der Waals surface area contributed by atoms with Gasteiger partial charge < -0.3 is 25.2 Å². The molecule has 2 aliphatic rings. The molecule has 2 aliphatic heterocycles. The van der Waals surface area contributed by atoms with Gasteiger partial charge in [0.25, 0.3) is 0 Å². The number of nitrogens with zero attached hydrogens (tertiary/aromatic N) is 4. The number of carbonyl (C=O) groups is 1. The van der Waals surface area contributed by atoms with Gasteiger partial charge in [-0.3, -0.25) is 4.98 Å². The Kier molecular flexibility index (Phi) is 8.13. The summed E-state index contributed by atoms with van der Waals surface area (Å²) in [6.07, 6.45) is 3.44. The monoisotopic (exact) mass is 540 g/mol. The molecule has 2 aromatic carbocycles. The fraction of sp³-hybridized carbons (Fsp3) is 0.469. The molecule has 1 unspecified atom stereocenters. The van der Waals surface area contributed by atoms with Gasteiger partial charge in [-0.1, -0.05) is 19.1 Å². The summed E-state index contributed by atoms with van der Waals surface area (Å²) in [6, 6.07) is 19.5. The van der Waals surface area contributed by atoms with Crippen LogP contribution in [-0.4, -0.2) is 54.9 Å². The standard InChI is InChI=1S/C32H40N6O2/c1-22-16-26(21-38(19-22)29-12-9-24(17-33)30-28(29)6-5-14-34-30)35-18-23-7-10-27(11-8-23)37-15-13-25(20-37)36-31(39)40-32(2,3)4/h5-12,14,22,25-26,35H,13,15-16,18-21H2,1-4H3,(H,36,39)/t22-,25?,26+/m0/s1. The van der Waals surface area contributed by atoms with E-state index in [4.69, 9.17) is 4.74 Å². The molecule has 40 heavy (non-hydrogen) atoms. The van der Waals surface area contributed by atoms with E-state index in [1.807, 2.05) is 32.9 Å². The van der Waals surface area contributed by atoms with Crippen LogP contribution < -0.4 is 20.4 Å². The van der Waals surface area contributed by atoms with Gasteiger partial charge in [0.2, 0.25) is 0 Å². The van der Waals surface area contributed by atoms with Crippen LogP contribution in [0.25, 0.3) is 10.9 Å². The Morgan fingerprint density at radius 3 is 2.60 bits per heavy atom. The zero-order chi connectivity index (χ0) is 28.3. The fourth-order valence-corrected chi connectivity index (χ4v) is 5.89. The quantitative estimate of drug-likeness (QED) is 0.443. The number of anilines is 2. The van der Waals surface area contributed by atoms with E-state index in [0.717, 1.165) is 62.2 Å². The molecule has 3 aromatic rings. The lowest BCUT2D eigenvalue weighted by Gasteiger charge is -2.39. The summed E-state index contributed by atoms with van der Waals surface area (Å²) >= 11 is 0. The van der Waals surface area contributed by atoms with Gasteiger partial charge in [0, 0.05) is 61.7 Å². The number of carbonyl (C=O) groups excluding carboxylic acids is 1. The summed E-state index contributed by atoms with van der Waals surface area (Å²) in [7, 11) is 0. The van der Waals surface area contributed by atoms with Crippen molar-refractivity contribution in [2.45, 2.75) is 64.8 Å². The van der Waals surface area contributed by atoms with Gasteiger partial charge in [-0.25, -0.2) is 4.79 Å². The van der Waals surface area contributed by atoms with Crippen molar-refractivity contribution in [2.75, 3.05) is 36.0 Å². The van der Waals surface area contributed by atoms with Gasteiger partial charge in [-0.05, 0) is 81.5 Å². The summed E-state index contributed by atoms with van der Waals surface area (Å²) in [5.41, 5.74) is 4.48. The molecule has 1 amide bonds. The molecular formula is C32H40N6O2. The summed E-state index contributed by atoms with van der Waals surface area (Å²) in [5, 5.41) is 17.3. The van der Waals surface area contributed by atoms with E-state index in [2.05, 4.69) is 74.8 Å². The SMILES string of the molecule is C[C@H]1C[C@@H](NCc2ccc(N3CCC(NC(=O)OC(C)(C)C)C3)cc2)CN(c2ccc(C#N)c3ncccc23)C1. The number of alkyl carbamates (subject to hydrolysis) is 1. The maximum atomic E-state index is 12.1. The van der Waals surface area contributed by atoms with Crippen molar-refractivity contribution in [1.82, 2.24) is 15.6 Å². The molecule has 0 aliphatic carbocycles. The van der Waals surface area contributed by atoms with Crippen molar-refractivity contribution in [1.29, 1.82) is 5.26 Å². The van der Waals surface area contributed by atoms with Gasteiger partial charge in [0.15, 0.2) is 0 Å². The Morgan fingerprint density at radius 1 is 1.07 bits per heavy atom. The first kappa shape index (κ1) is 27.7. The minimum absolute atomic E-state index is 0.0939.